The van der Waals surface area contributed by atoms with Crippen LogP contribution in [-0.2, 0) is 0 Å². The molecule has 6 heteroatoms. The third-order valence-electron chi connectivity index (χ3n) is 3.10. The molecule has 25 heavy (non-hydrogen) atoms. The molecule has 0 saturated heterocycles. The molecule has 0 aliphatic carbocycles. The Morgan fingerprint density at radius 1 is 1.24 bits per heavy atom. The molecular weight excluding hydrogens is 317 g/mol. The van der Waals surface area contributed by atoms with E-state index in [1.807, 2.05) is 0 Å². The lowest BCUT2D eigenvalue weighted by molar-refractivity contribution is 0.627. The van der Waals surface area contributed by atoms with Gasteiger partial charge in [0.15, 0.2) is 0 Å². The van der Waals surface area contributed by atoms with Crippen LogP contribution in [0.5, 0.6) is 0 Å². The molecule has 0 unspecified atom stereocenters. The van der Waals surface area contributed by atoms with Crippen molar-refractivity contribution in [1.82, 2.24) is 4.98 Å². The number of anilines is 1. The number of hydrogen-bond acceptors (Lipinski definition) is 5. The predicted molar refractivity (Wildman–Crippen MR) is 98.7 cm³/mol. The molecular formula is C19H18FN5. The van der Waals surface area contributed by atoms with E-state index in [-0.39, 0.29) is 5.82 Å². The Labute approximate surface area is 145 Å². The highest BCUT2D eigenvalue weighted by Crippen LogP contribution is 2.14. The van der Waals surface area contributed by atoms with Gasteiger partial charge < -0.3 is 17.2 Å². The van der Waals surface area contributed by atoms with Crippen molar-refractivity contribution in [3.05, 3.63) is 83.2 Å². The number of nitrogen functional groups attached to an aromatic ring is 1. The quantitative estimate of drug-likeness (QED) is 0.591. The number of nitrogens with two attached hydrogens (primary N) is 3. The van der Waals surface area contributed by atoms with Gasteiger partial charge in [0, 0.05) is 23.0 Å². The molecule has 2 aromatic rings. The molecule has 0 atom stereocenters. The first-order valence-electron chi connectivity index (χ1n) is 7.36. The highest BCUT2D eigenvalue weighted by atomic mass is 19.1. The number of nitrogens with zero attached hydrogens (tertiary/aromatic N) is 2. The molecule has 126 valence electrons. The lowest BCUT2D eigenvalue weighted by Gasteiger charge is -2.09. The largest absolute Gasteiger partial charge is 0.401 e. The summed E-state index contributed by atoms with van der Waals surface area (Å²) in [5.74, 6) is 5.95. The number of aliphatic imine (C=N–C) groups is 1. The molecule has 0 bridgehead atoms. The zero-order valence-electron chi connectivity index (χ0n) is 13.8. The van der Waals surface area contributed by atoms with Crippen LogP contribution in [0.15, 0.2) is 71.3 Å². The van der Waals surface area contributed by atoms with E-state index in [1.165, 1.54) is 12.1 Å². The van der Waals surface area contributed by atoms with Crippen LogP contribution in [0.3, 0.4) is 0 Å². The number of aromatic nitrogens is 1. The van der Waals surface area contributed by atoms with Crippen LogP contribution in [0.4, 0.5) is 10.2 Å². The minimum absolute atomic E-state index is 0.0639. The van der Waals surface area contributed by atoms with Crippen LogP contribution in [0.2, 0.25) is 0 Å². The molecule has 0 saturated carbocycles. The number of rotatable bonds is 3. The Balaban J connectivity index is 2.54. The van der Waals surface area contributed by atoms with Crippen LogP contribution in [0.1, 0.15) is 18.1 Å². The van der Waals surface area contributed by atoms with Crippen molar-refractivity contribution < 1.29 is 4.39 Å². The summed E-state index contributed by atoms with van der Waals surface area (Å²) in [6.07, 6.45) is 1.55. The summed E-state index contributed by atoms with van der Waals surface area (Å²) in [6, 6.07) is 9.31. The van der Waals surface area contributed by atoms with Gasteiger partial charge in [-0.15, -0.1) is 0 Å². The number of halogens is 1. The van der Waals surface area contributed by atoms with Crippen molar-refractivity contribution in [3.63, 3.8) is 0 Å². The van der Waals surface area contributed by atoms with Gasteiger partial charge in [0.25, 0.3) is 0 Å². The first-order valence-corrected chi connectivity index (χ1v) is 7.36. The van der Waals surface area contributed by atoms with E-state index in [0.29, 0.717) is 33.9 Å². The molecule has 0 aliphatic rings. The highest BCUT2D eigenvalue weighted by Gasteiger charge is 2.12. The van der Waals surface area contributed by atoms with Crippen LogP contribution in [0.25, 0.3) is 0 Å². The molecule has 1 heterocycles. The highest BCUT2D eigenvalue weighted by molar-refractivity contribution is 6.16. The molecule has 1 aromatic heterocycles. The average Bonchev–Trinajstić information content (AvgIpc) is 2.55. The number of hydrogen-bond donors (Lipinski definition) is 3. The van der Waals surface area contributed by atoms with E-state index in [0.717, 1.165) is 0 Å². The van der Waals surface area contributed by atoms with Gasteiger partial charge in [0.1, 0.15) is 17.5 Å². The van der Waals surface area contributed by atoms with E-state index < -0.39 is 5.82 Å². The number of pyridine rings is 1. The third kappa shape index (κ3) is 4.94. The Kier molecular flexibility index (Phi) is 5.54. The monoisotopic (exact) mass is 335 g/mol. The normalized spacial score (nSPS) is 12.0. The van der Waals surface area contributed by atoms with E-state index >= 15 is 0 Å². The summed E-state index contributed by atoms with van der Waals surface area (Å²) in [7, 11) is 0. The molecule has 1 aromatic carbocycles. The maximum atomic E-state index is 13.6. The molecule has 0 fully saturated rings. The average molecular weight is 335 g/mol. The summed E-state index contributed by atoms with van der Waals surface area (Å²) in [4.78, 5) is 8.17. The first kappa shape index (κ1) is 17.8. The lowest BCUT2D eigenvalue weighted by atomic mass is 10.0. The van der Waals surface area contributed by atoms with Crippen molar-refractivity contribution in [2.45, 2.75) is 6.92 Å². The fourth-order valence-corrected chi connectivity index (χ4v) is 2.00. The van der Waals surface area contributed by atoms with Gasteiger partial charge in [-0.2, -0.15) is 0 Å². The van der Waals surface area contributed by atoms with Crippen LogP contribution in [-0.4, -0.2) is 10.7 Å². The van der Waals surface area contributed by atoms with Crippen molar-refractivity contribution >= 4 is 11.5 Å². The summed E-state index contributed by atoms with van der Waals surface area (Å²) < 4.78 is 13.6. The number of benzene rings is 1. The summed E-state index contributed by atoms with van der Waals surface area (Å²) in [5, 5.41) is 0. The van der Waals surface area contributed by atoms with Crippen molar-refractivity contribution in [2.24, 2.45) is 16.5 Å². The van der Waals surface area contributed by atoms with Gasteiger partial charge in [-0.25, -0.2) is 14.4 Å². The third-order valence-corrected chi connectivity index (χ3v) is 3.10. The summed E-state index contributed by atoms with van der Waals surface area (Å²) in [5.41, 5.74) is 19.5. The summed E-state index contributed by atoms with van der Waals surface area (Å²) >= 11 is 0. The van der Waals surface area contributed by atoms with Crippen LogP contribution >= 0.6 is 0 Å². The molecule has 6 N–H and O–H groups in total. The smallest absolute Gasteiger partial charge is 0.123 e. The fourth-order valence-electron chi connectivity index (χ4n) is 2.00. The minimum atomic E-state index is -0.405. The van der Waals surface area contributed by atoms with E-state index in [4.69, 9.17) is 17.2 Å². The van der Waals surface area contributed by atoms with E-state index in [2.05, 4.69) is 28.4 Å². The maximum absolute atomic E-state index is 13.6. The Hall–Kier alpha value is -3.59. The van der Waals surface area contributed by atoms with Gasteiger partial charge in [-0.05, 0) is 31.2 Å². The van der Waals surface area contributed by atoms with Crippen molar-refractivity contribution in [1.29, 1.82) is 0 Å². The molecule has 0 aliphatic heterocycles. The van der Waals surface area contributed by atoms with E-state index in [1.54, 1.807) is 37.4 Å². The molecule has 0 radical (unpaired) electrons. The molecule has 0 amide bonds. The Morgan fingerprint density at radius 3 is 2.56 bits per heavy atom. The molecule has 0 spiro atoms. The van der Waals surface area contributed by atoms with Crippen LogP contribution in [0, 0.1) is 17.7 Å². The van der Waals surface area contributed by atoms with Gasteiger partial charge in [-0.1, -0.05) is 30.6 Å². The Morgan fingerprint density at radius 2 is 2.00 bits per heavy atom. The number of allylic oxidation sites excluding steroid dienone is 2. The van der Waals surface area contributed by atoms with Crippen LogP contribution < -0.4 is 17.2 Å². The standard InChI is InChI=1S/C19H18FN5/c1-12(21)17(8-6-14-7-9-18(23)24-11-14)19(25-13(2)22)15-4-3-5-16(20)10-15/h3-5,7,9-11H,2,21-22H2,1H3,(H2,23,24)/b17-12-,25-19-. The second kappa shape index (κ2) is 7.79. The predicted octanol–water partition coefficient (Wildman–Crippen LogP) is 2.31. The zero-order valence-corrected chi connectivity index (χ0v) is 13.8. The lowest BCUT2D eigenvalue weighted by Crippen LogP contribution is -2.12. The van der Waals surface area contributed by atoms with E-state index in [9.17, 15) is 4.39 Å². The zero-order chi connectivity index (χ0) is 18.4. The topological polar surface area (TPSA) is 103 Å². The van der Waals surface area contributed by atoms with Gasteiger partial charge >= 0.3 is 0 Å². The SMILES string of the molecule is C=C(N)/N=C(\C(C#Cc1ccc(N)nc1)=C(\C)N)c1cccc(F)c1. The fraction of sp³-hybridized carbons (Fsp3) is 0.0526. The van der Waals surface area contributed by atoms with Crippen molar-refractivity contribution in [2.75, 3.05) is 5.73 Å². The summed E-state index contributed by atoms with van der Waals surface area (Å²) in [6.45, 7) is 5.25. The van der Waals surface area contributed by atoms with Gasteiger partial charge in [0.05, 0.1) is 11.3 Å². The second-order valence-corrected chi connectivity index (χ2v) is 5.24. The molecule has 5 nitrogen and oxygen atoms in total. The van der Waals surface area contributed by atoms with Gasteiger partial charge in [-0.3, -0.25) is 0 Å². The Bertz CT molecular complexity index is 911. The molecule has 2 rings (SSSR count). The van der Waals surface area contributed by atoms with Crippen molar-refractivity contribution in [3.8, 4) is 11.8 Å². The van der Waals surface area contributed by atoms with Gasteiger partial charge in [0.2, 0.25) is 0 Å². The minimum Gasteiger partial charge on any atom is -0.401 e. The first-order chi connectivity index (χ1) is 11.9. The maximum Gasteiger partial charge on any atom is 0.123 e. The second-order valence-electron chi connectivity index (χ2n) is 5.24.